The maximum Gasteiger partial charge on any atom is 0.407 e. The molecule has 1 fully saturated rings. The Kier molecular flexibility index (Phi) is 5.89. The van der Waals surface area contributed by atoms with Crippen LogP contribution in [0.4, 0.5) is 4.79 Å². The van der Waals surface area contributed by atoms with Crippen molar-refractivity contribution < 1.29 is 28.8 Å². The van der Waals surface area contributed by atoms with Gasteiger partial charge < -0.3 is 14.9 Å². The number of amides is 3. The number of rotatable bonds is 6. The van der Waals surface area contributed by atoms with Crippen LogP contribution in [0.3, 0.4) is 0 Å². The first-order valence-corrected chi connectivity index (χ1v) is 7.49. The molecular formula is C16H18N2O6. The molecule has 0 spiro atoms. The topological polar surface area (TPSA) is 102 Å². The predicted molar refractivity (Wildman–Crippen MR) is 81.0 cm³/mol. The van der Waals surface area contributed by atoms with Gasteiger partial charge in [0, 0.05) is 18.9 Å². The van der Waals surface area contributed by atoms with E-state index in [2.05, 4.69) is 5.32 Å². The summed E-state index contributed by atoms with van der Waals surface area (Å²) in [6, 6.07) is 8.57. The molecule has 1 N–H and O–H groups in total. The van der Waals surface area contributed by atoms with E-state index in [0.717, 1.165) is 5.56 Å². The van der Waals surface area contributed by atoms with Gasteiger partial charge in [-0.15, -0.1) is 5.06 Å². The van der Waals surface area contributed by atoms with E-state index < -0.39 is 29.9 Å². The minimum atomic E-state index is -0.783. The summed E-state index contributed by atoms with van der Waals surface area (Å²) in [5, 5.41) is 2.95. The molecule has 0 unspecified atom stereocenters. The summed E-state index contributed by atoms with van der Waals surface area (Å²) >= 11 is 0. The van der Waals surface area contributed by atoms with Gasteiger partial charge in [-0.05, 0) is 12.5 Å². The van der Waals surface area contributed by atoms with Gasteiger partial charge in [0.2, 0.25) is 0 Å². The van der Waals surface area contributed by atoms with Crippen LogP contribution >= 0.6 is 0 Å². The summed E-state index contributed by atoms with van der Waals surface area (Å²) < 4.78 is 5.03. The number of hydroxylamine groups is 2. The number of nitrogens with one attached hydrogen (secondary N) is 1. The molecular weight excluding hydrogens is 316 g/mol. The van der Waals surface area contributed by atoms with Crippen molar-refractivity contribution in [3.63, 3.8) is 0 Å². The number of hydrogen-bond donors (Lipinski definition) is 1. The number of ether oxygens (including phenoxy) is 1. The molecule has 128 valence electrons. The van der Waals surface area contributed by atoms with Gasteiger partial charge in [0.05, 0.1) is 6.42 Å². The van der Waals surface area contributed by atoms with Crippen LogP contribution in [0.1, 0.15) is 31.7 Å². The van der Waals surface area contributed by atoms with E-state index in [4.69, 9.17) is 9.57 Å². The molecule has 1 atom stereocenters. The van der Waals surface area contributed by atoms with E-state index in [0.29, 0.717) is 5.06 Å². The summed E-state index contributed by atoms with van der Waals surface area (Å²) in [4.78, 5) is 50.8. The molecule has 24 heavy (non-hydrogen) atoms. The van der Waals surface area contributed by atoms with Crippen molar-refractivity contribution in [3.05, 3.63) is 35.9 Å². The molecule has 8 nitrogen and oxygen atoms in total. The number of hydrogen-bond acceptors (Lipinski definition) is 6. The van der Waals surface area contributed by atoms with Gasteiger partial charge >= 0.3 is 12.1 Å². The van der Waals surface area contributed by atoms with Crippen LogP contribution in [0.2, 0.25) is 0 Å². The maximum atomic E-state index is 11.7. The molecule has 0 aromatic heterocycles. The Morgan fingerprint density at radius 3 is 2.42 bits per heavy atom. The molecule has 1 aromatic rings. The van der Waals surface area contributed by atoms with Crippen LogP contribution < -0.4 is 5.32 Å². The number of imide groups is 1. The molecule has 1 heterocycles. The molecule has 0 saturated carbocycles. The van der Waals surface area contributed by atoms with Gasteiger partial charge in [0.25, 0.3) is 11.8 Å². The lowest BCUT2D eigenvalue weighted by molar-refractivity contribution is -0.197. The second-order valence-electron chi connectivity index (χ2n) is 5.36. The summed E-state index contributed by atoms with van der Waals surface area (Å²) in [5.74, 6) is -1.87. The smallest absolute Gasteiger partial charge is 0.407 e. The highest BCUT2D eigenvalue weighted by Crippen LogP contribution is 2.13. The van der Waals surface area contributed by atoms with Crippen molar-refractivity contribution in [2.75, 3.05) is 0 Å². The van der Waals surface area contributed by atoms with Crippen molar-refractivity contribution in [1.29, 1.82) is 0 Å². The van der Waals surface area contributed by atoms with E-state index in [1.807, 2.05) is 30.3 Å². The van der Waals surface area contributed by atoms with Gasteiger partial charge in [-0.2, -0.15) is 0 Å². The Bertz CT molecular complexity index is 615. The highest BCUT2D eigenvalue weighted by atomic mass is 16.7. The number of alkyl carbamates (subject to hydrolysis) is 1. The maximum absolute atomic E-state index is 11.7. The predicted octanol–water partition coefficient (Wildman–Crippen LogP) is 1.30. The zero-order valence-electron chi connectivity index (χ0n) is 13.2. The Labute approximate surface area is 138 Å². The average Bonchev–Trinajstić information content (AvgIpc) is 2.85. The number of carbonyl (C=O) groups is 4. The van der Waals surface area contributed by atoms with Gasteiger partial charge in [-0.3, -0.25) is 9.59 Å². The first kappa shape index (κ1) is 17.5. The lowest BCUT2D eigenvalue weighted by Gasteiger charge is -2.16. The minimum absolute atomic E-state index is 0.0335. The van der Waals surface area contributed by atoms with Gasteiger partial charge in [0.15, 0.2) is 0 Å². The fourth-order valence-corrected chi connectivity index (χ4v) is 2.06. The van der Waals surface area contributed by atoms with E-state index in [1.165, 1.54) is 0 Å². The summed E-state index contributed by atoms with van der Waals surface area (Å²) in [6.45, 7) is 1.69. The van der Waals surface area contributed by atoms with E-state index in [1.54, 1.807) is 6.92 Å². The molecule has 3 amide bonds. The van der Waals surface area contributed by atoms with Gasteiger partial charge in [0.1, 0.15) is 6.61 Å². The third kappa shape index (κ3) is 5.08. The normalized spacial score (nSPS) is 15.1. The standard InChI is InChI=1S/C16H18N2O6/c1-11(9-15(21)24-18-13(19)7-8-14(18)20)17-16(22)23-10-12-5-3-2-4-6-12/h2-6,11H,7-10H2,1H3,(H,17,22)/t11-/m1/s1. The fourth-order valence-electron chi connectivity index (χ4n) is 2.06. The number of benzene rings is 1. The molecule has 1 aromatic carbocycles. The Balaban J connectivity index is 1.71. The lowest BCUT2D eigenvalue weighted by Crippen LogP contribution is -2.37. The van der Waals surface area contributed by atoms with E-state index in [9.17, 15) is 19.2 Å². The third-order valence-electron chi connectivity index (χ3n) is 3.25. The summed E-state index contributed by atoms with van der Waals surface area (Å²) in [5.41, 5.74) is 0.839. The SMILES string of the molecule is C[C@H](CC(=O)ON1C(=O)CCC1=O)NC(=O)OCc1ccccc1. The first-order chi connectivity index (χ1) is 11.5. The van der Waals surface area contributed by atoms with Crippen LogP contribution in [0.15, 0.2) is 30.3 Å². The lowest BCUT2D eigenvalue weighted by atomic mass is 10.2. The van der Waals surface area contributed by atoms with Gasteiger partial charge in [-0.1, -0.05) is 30.3 Å². The van der Waals surface area contributed by atoms with Crippen molar-refractivity contribution in [2.24, 2.45) is 0 Å². The zero-order valence-corrected chi connectivity index (χ0v) is 13.2. The van der Waals surface area contributed by atoms with Crippen LogP contribution in [0, 0.1) is 0 Å². The van der Waals surface area contributed by atoms with Crippen LogP contribution in [-0.4, -0.2) is 35.0 Å². The molecule has 0 radical (unpaired) electrons. The fraction of sp³-hybridized carbons (Fsp3) is 0.375. The van der Waals surface area contributed by atoms with Crippen LogP contribution in [-0.2, 0) is 30.6 Å². The Hall–Kier alpha value is -2.90. The Morgan fingerprint density at radius 1 is 1.17 bits per heavy atom. The second kappa shape index (κ2) is 8.09. The van der Waals surface area contributed by atoms with Crippen molar-refractivity contribution in [3.8, 4) is 0 Å². The monoisotopic (exact) mass is 334 g/mol. The number of nitrogens with zero attached hydrogens (tertiary/aromatic N) is 1. The van der Waals surface area contributed by atoms with E-state index in [-0.39, 0.29) is 25.9 Å². The molecule has 0 aliphatic carbocycles. The highest BCUT2D eigenvalue weighted by Gasteiger charge is 2.33. The third-order valence-corrected chi connectivity index (χ3v) is 3.25. The molecule has 1 aliphatic rings. The quantitative estimate of drug-likeness (QED) is 0.787. The minimum Gasteiger partial charge on any atom is -0.445 e. The average molecular weight is 334 g/mol. The highest BCUT2D eigenvalue weighted by molar-refractivity contribution is 6.01. The van der Waals surface area contributed by atoms with Crippen molar-refractivity contribution >= 4 is 23.9 Å². The molecule has 1 saturated heterocycles. The molecule has 2 rings (SSSR count). The molecule has 8 heteroatoms. The molecule has 0 bridgehead atoms. The summed E-state index contributed by atoms with van der Waals surface area (Å²) in [7, 11) is 0. The van der Waals surface area contributed by atoms with Crippen molar-refractivity contribution in [1.82, 2.24) is 10.4 Å². The molecule has 1 aliphatic heterocycles. The van der Waals surface area contributed by atoms with Crippen molar-refractivity contribution in [2.45, 2.75) is 38.8 Å². The van der Waals surface area contributed by atoms with E-state index >= 15 is 0 Å². The largest absolute Gasteiger partial charge is 0.445 e. The zero-order chi connectivity index (χ0) is 17.5. The van der Waals surface area contributed by atoms with Crippen LogP contribution in [0.5, 0.6) is 0 Å². The summed E-state index contributed by atoms with van der Waals surface area (Å²) in [6.07, 6.45) is -0.804. The van der Waals surface area contributed by atoms with Gasteiger partial charge in [-0.25, -0.2) is 9.59 Å². The second-order valence-corrected chi connectivity index (χ2v) is 5.36. The first-order valence-electron chi connectivity index (χ1n) is 7.49. The van der Waals surface area contributed by atoms with Crippen LogP contribution in [0.25, 0.3) is 0 Å². The Morgan fingerprint density at radius 2 is 1.79 bits per heavy atom. The number of carbonyl (C=O) groups excluding carboxylic acids is 4.